The molecule has 0 radical (unpaired) electrons. The standard InChI is InChI=1S/C9H13F2NS/c1-12-8(9(10)11)5-4-7-3-2-6-13-7/h2-3,6,8-9,12H,4-5H2,1H3. The highest BCUT2D eigenvalue weighted by Crippen LogP contribution is 2.14. The van der Waals surface area contributed by atoms with Crippen molar-refractivity contribution in [1.82, 2.24) is 5.32 Å². The Balaban J connectivity index is 2.32. The predicted molar refractivity (Wildman–Crippen MR) is 51.5 cm³/mol. The zero-order valence-electron chi connectivity index (χ0n) is 7.47. The first-order chi connectivity index (χ1) is 6.24. The zero-order chi connectivity index (χ0) is 9.68. The fourth-order valence-electron chi connectivity index (χ4n) is 1.15. The minimum Gasteiger partial charge on any atom is -0.312 e. The van der Waals surface area contributed by atoms with Crippen LogP contribution in [-0.4, -0.2) is 19.5 Å². The van der Waals surface area contributed by atoms with Crippen molar-refractivity contribution in [2.45, 2.75) is 25.3 Å². The Hall–Kier alpha value is -0.480. The van der Waals surface area contributed by atoms with Gasteiger partial charge in [0.2, 0.25) is 0 Å². The van der Waals surface area contributed by atoms with Gasteiger partial charge in [-0.05, 0) is 31.3 Å². The third kappa shape index (κ3) is 3.40. The average Bonchev–Trinajstić information content (AvgIpc) is 2.57. The Kier molecular flexibility index (Phi) is 4.32. The third-order valence-corrected chi connectivity index (χ3v) is 2.89. The van der Waals surface area contributed by atoms with Crippen LogP contribution in [0.4, 0.5) is 8.78 Å². The summed E-state index contributed by atoms with van der Waals surface area (Å²) < 4.78 is 24.5. The monoisotopic (exact) mass is 205 g/mol. The summed E-state index contributed by atoms with van der Waals surface area (Å²) in [7, 11) is 1.57. The fourth-order valence-corrected chi connectivity index (χ4v) is 1.87. The van der Waals surface area contributed by atoms with Crippen molar-refractivity contribution in [1.29, 1.82) is 0 Å². The van der Waals surface area contributed by atoms with Gasteiger partial charge in [0.25, 0.3) is 6.43 Å². The van der Waals surface area contributed by atoms with Gasteiger partial charge in [0.05, 0.1) is 6.04 Å². The number of hydrogen-bond acceptors (Lipinski definition) is 2. The molecule has 0 aromatic carbocycles. The van der Waals surface area contributed by atoms with E-state index in [2.05, 4.69) is 5.32 Å². The molecule has 13 heavy (non-hydrogen) atoms. The lowest BCUT2D eigenvalue weighted by Crippen LogP contribution is -2.32. The summed E-state index contributed by atoms with van der Waals surface area (Å²) in [6.07, 6.45) is -1.05. The van der Waals surface area contributed by atoms with Crippen LogP contribution in [0.15, 0.2) is 17.5 Å². The molecule has 1 aromatic rings. The van der Waals surface area contributed by atoms with E-state index in [1.807, 2.05) is 17.5 Å². The lowest BCUT2D eigenvalue weighted by atomic mass is 10.1. The van der Waals surface area contributed by atoms with Crippen LogP contribution < -0.4 is 5.32 Å². The predicted octanol–water partition coefficient (Wildman–Crippen LogP) is 2.53. The number of aryl methyl sites for hydroxylation is 1. The summed E-state index contributed by atoms with van der Waals surface area (Å²) >= 11 is 1.61. The van der Waals surface area contributed by atoms with Crippen molar-refractivity contribution in [3.63, 3.8) is 0 Å². The number of thiophene rings is 1. The molecule has 4 heteroatoms. The van der Waals surface area contributed by atoms with Gasteiger partial charge < -0.3 is 5.32 Å². The van der Waals surface area contributed by atoms with Gasteiger partial charge in [-0.25, -0.2) is 8.78 Å². The largest absolute Gasteiger partial charge is 0.312 e. The lowest BCUT2D eigenvalue weighted by molar-refractivity contribution is 0.0982. The molecule has 0 fully saturated rings. The summed E-state index contributed by atoms with van der Waals surface area (Å²) in [5, 5.41) is 4.58. The van der Waals surface area contributed by atoms with Crippen molar-refractivity contribution in [3.8, 4) is 0 Å². The van der Waals surface area contributed by atoms with E-state index in [1.54, 1.807) is 18.4 Å². The molecular formula is C9H13F2NS. The van der Waals surface area contributed by atoms with Crippen LogP contribution in [0.5, 0.6) is 0 Å². The van der Waals surface area contributed by atoms with E-state index in [4.69, 9.17) is 0 Å². The smallest absolute Gasteiger partial charge is 0.253 e. The highest BCUT2D eigenvalue weighted by Gasteiger charge is 2.17. The molecule has 0 spiro atoms. The summed E-state index contributed by atoms with van der Waals surface area (Å²) in [5.74, 6) is 0. The Labute approximate surface area is 80.8 Å². The lowest BCUT2D eigenvalue weighted by Gasteiger charge is -2.13. The molecular weight excluding hydrogens is 192 g/mol. The number of halogens is 2. The Morgan fingerprint density at radius 2 is 2.31 bits per heavy atom. The maximum absolute atomic E-state index is 12.3. The Morgan fingerprint density at radius 1 is 1.54 bits per heavy atom. The summed E-state index contributed by atoms with van der Waals surface area (Å²) in [4.78, 5) is 1.17. The second-order valence-corrected chi connectivity index (χ2v) is 3.88. The molecule has 1 nitrogen and oxygen atoms in total. The second-order valence-electron chi connectivity index (χ2n) is 2.85. The van der Waals surface area contributed by atoms with E-state index < -0.39 is 12.5 Å². The number of rotatable bonds is 5. The maximum atomic E-state index is 12.3. The first-order valence-corrected chi connectivity index (χ1v) is 5.10. The van der Waals surface area contributed by atoms with Crippen LogP contribution in [0.2, 0.25) is 0 Å². The quantitative estimate of drug-likeness (QED) is 0.779. The van der Waals surface area contributed by atoms with E-state index in [0.717, 1.165) is 6.42 Å². The molecule has 0 saturated heterocycles. The molecule has 0 amide bonds. The molecule has 1 N–H and O–H groups in total. The van der Waals surface area contributed by atoms with Crippen LogP contribution in [0, 0.1) is 0 Å². The second kappa shape index (κ2) is 5.29. The number of hydrogen-bond donors (Lipinski definition) is 1. The van der Waals surface area contributed by atoms with Crippen LogP contribution in [0.25, 0.3) is 0 Å². The van der Waals surface area contributed by atoms with Gasteiger partial charge in [0.1, 0.15) is 0 Å². The normalized spacial score (nSPS) is 13.5. The molecule has 1 heterocycles. The molecule has 0 bridgehead atoms. The van der Waals surface area contributed by atoms with E-state index in [1.165, 1.54) is 4.88 Å². The van der Waals surface area contributed by atoms with Gasteiger partial charge in [-0.1, -0.05) is 6.07 Å². The topological polar surface area (TPSA) is 12.0 Å². The van der Waals surface area contributed by atoms with Crippen molar-refractivity contribution in [2.24, 2.45) is 0 Å². The molecule has 1 atom stereocenters. The van der Waals surface area contributed by atoms with Gasteiger partial charge in [0.15, 0.2) is 0 Å². The first kappa shape index (κ1) is 10.6. The van der Waals surface area contributed by atoms with E-state index in [9.17, 15) is 8.78 Å². The van der Waals surface area contributed by atoms with Gasteiger partial charge in [0, 0.05) is 4.88 Å². The fraction of sp³-hybridized carbons (Fsp3) is 0.556. The highest BCUT2D eigenvalue weighted by molar-refractivity contribution is 7.09. The van der Waals surface area contributed by atoms with Crippen molar-refractivity contribution in [2.75, 3.05) is 7.05 Å². The molecule has 1 unspecified atom stereocenters. The van der Waals surface area contributed by atoms with Crippen LogP contribution in [-0.2, 0) is 6.42 Å². The van der Waals surface area contributed by atoms with E-state index >= 15 is 0 Å². The van der Waals surface area contributed by atoms with Gasteiger partial charge in [-0.3, -0.25) is 0 Å². The maximum Gasteiger partial charge on any atom is 0.253 e. The number of alkyl halides is 2. The van der Waals surface area contributed by atoms with Crippen molar-refractivity contribution >= 4 is 11.3 Å². The average molecular weight is 205 g/mol. The van der Waals surface area contributed by atoms with Gasteiger partial charge in [-0.2, -0.15) is 0 Å². The van der Waals surface area contributed by atoms with Gasteiger partial charge >= 0.3 is 0 Å². The zero-order valence-corrected chi connectivity index (χ0v) is 8.28. The Bertz CT molecular complexity index is 224. The summed E-state index contributed by atoms with van der Waals surface area (Å²) in [6.45, 7) is 0. The van der Waals surface area contributed by atoms with E-state index in [-0.39, 0.29) is 0 Å². The highest BCUT2D eigenvalue weighted by atomic mass is 32.1. The molecule has 74 valence electrons. The molecule has 1 rings (SSSR count). The van der Waals surface area contributed by atoms with Crippen molar-refractivity contribution in [3.05, 3.63) is 22.4 Å². The number of nitrogens with one attached hydrogen (secondary N) is 1. The minimum atomic E-state index is -2.27. The van der Waals surface area contributed by atoms with Gasteiger partial charge in [-0.15, -0.1) is 11.3 Å². The van der Waals surface area contributed by atoms with Crippen LogP contribution >= 0.6 is 11.3 Å². The van der Waals surface area contributed by atoms with Crippen LogP contribution in [0.3, 0.4) is 0 Å². The molecule has 0 aliphatic carbocycles. The van der Waals surface area contributed by atoms with Crippen LogP contribution in [0.1, 0.15) is 11.3 Å². The molecule has 0 aliphatic heterocycles. The molecule has 0 saturated carbocycles. The molecule has 1 aromatic heterocycles. The minimum absolute atomic E-state index is 0.495. The third-order valence-electron chi connectivity index (χ3n) is 1.96. The van der Waals surface area contributed by atoms with Crippen molar-refractivity contribution < 1.29 is 8.78 Å². The SMILES string of the molecule is CNC(CCc1cccs1)C(F)F. The summed E-state index contributed by atoms with van der Waals surface area (Å²) in [5.41, 5.74) is 0. The first-order valence-electron chi connectivity index (χ1n) is 4.22. The molecule has 0 aliphatic rings. The van der Waals surface area contributed by atoms with E-state index in [0.29, 0.717) is 6.42 Å². The Morgan fingerprint density at radius 3 is 2.77 bits per heavy atom. The summed E-state index contributed by atoms with van der Waals surface area (Å²) in [6, 6.07) is 3.24.